The highest BCUT2D eigenvalue weighted by molar-refractivity contribution is 7.87. The lowest BCUT2D eigenvalue weighted by atomic mass is 10.2. The summed E-state index contributed by atoms with van der Waals surface area (Å²) in [5.74, 6) is 0.703. The van der Waals surface area contributed by atoms with E-state index in [9.17, 15) is 8.42 Å². The molecular weight excluding hydrogens is 280 g/mol. The maximum absolute atomic E-state index is 12.0. The van der Waals surface area contributed by atoms with E-state index in [-0.39, 0.29) is 19.2 Å². The Morgan fingerprint density at radius 2 is 2.05 bits per heavy atom. The summed E-state index contributed by atoms with van der Waals surface area (Å²) in [4.78, 5) is 0. The van der Waals surface area contributed by atoms with Gasteiger partial charge in [-0.05, 0) is 24.6 Å². The SMILES string of the molecule is COc1cccc(CN(C)S(=O)(=O)NCC(C)OC)c1. The molecule has 0 saturated carbocycles. The molecule has 6 nitrogen and oxygen atoms in total. The van der Waals surface area contributed by atoms with Gasteiger partial charge in [0.15, 0.2) is 0 Å². The summed E-state index contributed by atoms with van der Waals surface area (Å²) >= 11 is 0. The summed E-state index contributed by atoms with van der Waals surface area (Å²) < 4.78 is 38.0. The molecule has 0 amide bonds. The van der Waals surface area contributed by atoms with Gasteiger partial charge in [-0.25, -0.2) is 0 Å². The fourth-order valence-corrected chi connectivity index (χ4v) is 2.51. The normalized spacial score (nSPS) is 13.4. The molecule has 1 aromatic carbocycles. The fraction of sp³-hybridized carbons (Fsp3) is 0.538. The molecule has 0 aliphatic heterocycles. The molecule has 0 saturated heterocycles. The van der Waals surface area contributed by atoms with Crippen molar-refractivity contribution in [1.82, 2.24) is 9.03 Å². The topological polar surface area (TPSA) is 67.9 Å². The number of ether oxygens (including phenoxy) is 2. The second kappa shape index (κ2) is 7.58. The number of benzene rings is 1. The molecule has 0 spiro atoms. The number of hydrogen-bond acceptors (Lipinski definition) is 4. The van der Waals surface area contributed by atoms with Crippen molar-refractivity contribution >= 4 is 10.2 Å². The van der Waals surface area contributed by atoms with E-state index in [1.807, 2.05) is 24.3 Å². The van der Waals surface area contributed by atoms with E-state index < -0.39 is 10.2 Å². The highest BCUT2D eigenvalue weighted by Gasteiger charge is 2.18. The van der Waals surface area contributed by atoms with Crippen molar-refractivity contribution < 1.29 is 17.9 Å². The van der Waals surface area contributed by atoms with E-state index in [1.54, 1.807) is 21.1 Å². The van der Waals surface area contributed by atoms with Gasteiger partial charge in [-0.3, -0.25) is 0 Å². The second-order valence-corrected chi connectivity index (χ2v) is 6.37. The van der Waals surface area contributed by atoms with Gasteiger partial charge < -0.3 is 9.47 Å². The fourth-order valence-electron chi connectivity index (χ4n) is 1.53. The van der Waals surface area contributed by atoms with Crippen molar-refractivity contribution in [3.05, 3.63) is 29.8 Å². The first-order chi connectivity index (χ1) is 9.39. The second-order valence-electron chi connectivity index (χ2n) is 4.51. The van der Waals surface area contributed by atoms with E-state index in [0.717, 1.165) is 5.56 Å². The number of nitrogens with one attached hydrogen (secondary N) is 1. The van der Waals surface area contributed by atoms with Gasteiger partial charge in [0.1, 0.15) is 5.75 Å². The number of methoxy groups -OCH3 is 2. The lowest BCUT2D eigenvalue weighted by Gasteiger charge is -2.19. The molecule has 0 fully saturated rings. The van der Waals surface area contributed by atoms with Gasteiger partial charge in [0.2, 0.25) is 0 Å². The summed E-state index contributed by atoms with van der Waals surface area (Å²) in [6, 6.07) is 7.31. The highest BCUT2D eigenvalue weighted by atomic mass is 32.2. The average Bonchev–Trinajstić information content (AvgIpc) is 2.44. The third-order valence-corrected chi connectivity index (χ3v) is 4.39. The van der Waals surface area contributed by atoms with Gasteiger partial charge in [0.25, 0.3) is 10.2 Å². The monoisotopic (exact) mass is 302 g/mol. The number of rotatable bonds is 8. The van der Waals surface area contributed by atoms with Gasteiger partial charge in [0.05, 0.1) is 13.2 Å². The molecule has 20 heavy (non-hydrogen) atoms. The van der Waals surface area contributed by atoms with E-state index in [0.29, 0.717) is 5.75 Å². The lowest BCUT2D eigenvalue weighted by molar-refractivity contribution is 0.121. The maximum Gasteiger partial charge on any atom is 0.279 e. The van der Waals surface area contributed by atoms with Crippen LogP contribution in [0.3, 0.4) is 0 Å². The van der Waals surface area contributed by atoms with E-state index in [2.05, 4.69) is 4.72 Å². The standard InChI is InChI=1S/C13H22N2O4S/c1-11(18-3)9-14-20(16,17)15(2)10-12-6-5-7-13(8-12)19-4/h5-8,11,14H,9-10H2,1-4H3. The van der Waals surface area contributed by atoms with Gasteiger partial charge >= 0.3 is 0 Å². The van der Waals surface area contributed by atoms with Crippen molar-refractivity contribution in [2.75, 3.05) is 27.8 Å². The summed E-state index contributed by atoms with van der Waals surface area (Å²) in [5, 5.41) is 0. The summed E-state index contributed by atoms with van der Waals surface area (Å²) in [5.41, 5.74) is 0.858. The molecule has 1 unspecified atom stereocenters. The van der Waals surface area contributed by atoms with E-state index in [1.165, 1.54) is 11.4 Å². The minimum Gasteiger partial charge on any atom is -0.497 e. The molecule has 1 N–H and O–H groups in total. The first-order valence-corrected chi connectivity index (χ1v) is 7.69. The van der Waals surface area contributed by atoms with E-state index >= 15 is 0 Å². The molecule has 114 valence electrons. The molecule has 0 radical (unpaired) electrons. The van der Waals surface area contributed by atoms with Crippen LogP contribution in [0.4, 0.5) is 0 Å². The Balaban J connectivity index is 2.66. The molecule has 0 aliphatic rings. The van der Waals surface area contributed by atoms with E-state index in [4.69, 9.17) is 9.47 Å². The predicted molar refractivity (Wildman–Crippen MR) is 77.9 cm³/mol. The van der Waals surface area contributed by atoms with Gasteiger partial charge in [-0.2, -0.15) is 17.4 Å². The third kappa shape index (κ3) is 5.09. The first kappa shape index (κ1) is 16.9. The zero-order valence-electron chi connectivity index (χ0n) is 12.3. The Morgan fingerprint density at radius 3 is 2.65 bits per heavy atom. The van der Waals surface area contributed by atoms with Crippen molar-refractivity contribution in [2.45, 2.75) is 19.6 Å². The molecule has 0 aliphatic carbocycles. The summed E-state index contributed by atoms with van der Waals surface area (Å²) in [7, 11) is 1.12. The van der Waals surface area contributed by atoms with Crippen LogP contribution in [0.2, 0.25) is 0 Å². The van der Waals surface area contributed by atoms with Crippen molar-refractivity contribution in [2.24, 2.45) is 0 Å². The van der Waals surface area contributed by atoms with Crippen LogP contribution < -0.4 is 9.46 Å². The van der Waals surface area contributed by atoms with Gasteiger partial charge in [0, 0.05) is 27.2 Å². The van der Waals surface area contributed by atoms with Crippen LogP contribution >= 0.6 is 0 Å². The van der Waals surface area contributed by atoms with Crippen molar-refractivity contribution in [1.29, 1.82) is 0 Å². The molecule has 1 rings (SSSR count). The zero-order chi connectivity index (χ0) is 15.2. The molecule has 0 bridgehead atoms. The van der Waals surface area contributed by atoms with Crippen LogP contribution in [0.1, 0.15) is 12.5 Å². The quantitative estimate of drug-likeness (QED) is 0.778. The Bertz CT molecular complexity index is 519. The Morgan fingerprint density at radius 1 is 1.35 bits per heavy atom. The Hall–Kier alpha value is -1.15. The van der Waals surface area contributed by atoms with Crippen LogP contribution in [0.5, 0.6) is 5.75 Å². The smallest absolute Gasteiger partial charge is 0.279 e. The highest BCUT2D eigenvalue weighted by Crippen LogP contribution is 2.14. The Labute approximate surface area is 120 Å². The van der Waals surface area contributed by atoms with Crippen molar-refractivity contribution in [3.8, 4) is 5.75 Å². The molecular formula is C13H22N2O4S. The van der Waals surface area contributed by atoms with Gasteiger partial charge in [-0.1, -0.05) is 12.1 Å². The summed E-state index contributed by atoms with van der Waals surface area (Å²) in [6.07, 6.45) is -0.171. The van der Waals surface area contributed by atoms with Crippen LogP contribution in [-0.2, 0) is 21.5 Å². The summed E-state index contributed by atoms with van der Waals surface area (Å²) in [6.45, 7) is 2.31. The minimum absolute atomic E-state index is 0.171. The zero-order valence-corrected chi connectivity index (χ0v) is 13.1. The molecule has 0 aromatic heterocycles. The predicted octanol–water partition coefficient (Wildman–Crippen LogP) is 0.996. The first-order valence-electron chi connectivity index (χ1n) is 6.25. The van der Waals surface area contributed by atoms with Crippen molar-refractivity contribution in [3.63, 3.8) is 0 Å². The molecule has 0 heterocycles. The minimum atomic E-state index is -3.52. The largest absolute Gasteiger partial charge is 0.497 e. The number of hydrogen-bond donors (Lipinski definition) is 1. The maximum atomic E-state index is 12.0. The van der Waals surface area contributed by atoms with Crippen LogP contribution in [0.25, 0.3) is 0 Å². The molecule has 7 heteroatoms. The van der Waals surface area contributed by atoms with Crippen LogP contribution in [-0.4, -0.2) is 46.6 Å². The lowest BCUT2D eigenvalue weighted by Crippen LogP contribution is -2.41. The van der Waals surface area contributed by atoms with Crippen LogP contribution in [0, 0.1) is 0 Å². The Kier molecular flexibility index (Phi) is 6.41. The molecule has 1 aromatic rings. The van der Waals surface area contributed by atoms with Gasteiger partial charge in [-0.15, -0.1) is 0 Å². The third-order valence-electron chi connectivity index (χ3n) is 2.91. The average molecular weight is 302 g/mol. The van der Waals surface area contributed by atoms with Crippen LogP contribution in [0.15, 0.2) is 24.3 Å². The number of nitrogens with zero attached hydrogens (tertiary/aromatic N) is 1. The molecule has 1 atom stereocenters.